The maximum Gasteiger partial charge on any atom is 0.265 e. The zero-order chi connectivity index (χ0) is 16.4. The minimum atomic E-state index is -0.112. The van der Waals surface area contributed by atoms with Gasteiger partial charge in [0.15, 0.2) is 0 Å². The second-order valence-electron chi connectivity index (χ2n) is 6.18. The van der Waals surface area contributed by atoms with E-state index in [1.54, 1.807) is 16.8 Å². The first-order chi connectivity index (χ1) is 11.1. The van der Waals surface area contributed by atoms with Crippen molar-refractivity contribution < 1.29 is 9.59 Å². The van der Waals surface area contributed by atoms with E-state index < -0.39 is 0 Å². The van der Waals surface area contributed by atoms with E-state index in [2.05, 4.69) is 0 Å². The summed E-state index contributed by atoms with van der Waals surface area (Å²) in [6.07, 6.45) is 7.26. The summed E-state index contributed by atoms with van der Waals surface area (Å²) in [4.78, 5) is 30.0. The molecule has 2 amide bonds. The highest BCUT2D eigenvalue weighted by molar-refractivity contribution is 8.04. The molecule has 4 nitrogen and oxygen atoms in total. The molecule has 1 aliphatic heterocycles. The van der Waals surface area contributed by atoms with Crippen molar-refractivity contribution in [2.75, 3.05) is 19.0 Å². The number of amides is 2. The van der Waals surface area contributed by atoms with E-state index in [1.807, 2.05) is 31.3 Å². The predicted octanol–water partition coefficient (Wildman–Crippen LogP) is 3.43. The maximum atomic E-state index is 12.5. The fourth-order valence-corrected chi connectivity index (χ4v) is 4.29. The Morgan fingerprint density at radius 1 is 1.26 bits per heavy atom. The fraction of sp³-hybridized carbons (Fsp3) is 0.444. The topological polar surface area (TPSA) is 40.6 Å². The number of benzene rings is 1. The van der Waals surface area contributed by atoms with Crippen molar-refractivity contribution in [3.63, 3.8) is 0 Å². The highest BCUT2D eigenvalue weighted by Gasteiger charge is 2.28. The van der Waals surface area contributed by atoms with Crippen molar-refractivity contribution in [2.24, 2.45) is 0 Å². The van der Waals surface area contributed by atoms with Gasteiger partial charge in [0.05, 0.1) is 10.6 Å². The maximum absolute atomic E-state index is 12.5. The van der Waals surface area contributed by atoms with Crippen LogP contribution in [0.15, 0.2) is 40.1 Å². The minimum Gasteiger partial charge on any atom is -0.339 e. The monoisotopic (exact) mass is 330 g/mol. The standard InChI is InChI=1S/C18H22N2O2S/c1-19(13-8-4-3-5-9-13)17(21)12-16-18(22)20(2)14-10-6-7-11-15(14)23-16/h6-7,10-13H,3-5,8-9H2,1-2H3/b16-12+. The normalized spacial score (nSPS) is 20.5. The molecule has 0 radical (unpaired) electrons. The summed E-state index contributed by atoms with van der Waals surface area (Å²) < 4.78 is 0. The average molecular weight is 330 g/mol. The lowest BCUT2D eigenvalue weighted by Crippen LogP contribution is -2.38. The van der Waals surface area contributed by atoms with Gasteiger partial charge in [-0.3, -0.25) is 9.59 Å². The van der Waals surface area contributed by atoms with E-state index in [1.165, 1.54) is 37.1 Å². The number of para-hydroxylation sites is 1. The van der Waals surface area contributed by atoms with E-state index in [0.29, 0.717) is 10.9 Å². The highest BCUT2D eigenvalue weighted by Crippen LogP contribution is 2.40. The van der Waals surface area contributed by atoms with E-state index >= 15 is 0 Å². The smallest absolute Gasteiger partial charge is 0.265 e. The van der Waals surface area contributed by atoms with Crippen molar-refractivity contribution >= 4 is 29.3 Å². The van der Waals surface area contributed by atoms with Crippen LogP contribution in [0.25, 0.3) is 0 Å². The van der Waals surface area contributed by atoms with Crippen molar-refractivity contribution in [3.8, 4) is 0 Å². The molecule has 23 heavy (non-hydrogen) atoms. The van der Waals surface area contributed by atoms with E-state index in [9.17, 15) is 9.59 Å². The van der Waals surface area contributed by atoms with Gasteiger partial charge >= 0.3 is 0 Å². The first-order valence-electron chi connectivity index (χ1n) is 8.11. The molecule has 3 rings (SSSR count). The van der Waals surface area contributed by atoms with Gasteiger partial charge in [0.25, 0.3) is 5.91 Å². The summed E-state index contributed by atoms with van der Waals surface area (Å²) in [6, 6.07) is 8.07. The van der Waals surface area contributed by atoms with Crippen LogP contribution < -0.4 is 4.90 Å². The lowest BCUT2D eigenvalue weighted by atomic mass is 9.94. The Hall–Kier alpha value is -1.75. The number of thioether (sulfide) groups is 1. The van der Waals surface area contributed by atoms with Gasteiger partial charge in [0.1, 0.15) is 0 Å². The average Bonchev–Trinajstić information content (AvgIpc) is 2.59. The number of carbonyl (C=O) groups is 2. The third kappa shape index (κ3) is 3.29. The van der Waals surface area contributed by atoms with Crippen LogP contribution in [0.3, 0.4) is 0 Å². The molecule has 0 unspecified atom stereocenters. The van der Waals surface area contributed by atoms with Crippen molar-refractivity contribution in [1.29, 1.82) is 0 Å². The number of likely N-dealkylation sites (N-methyl/N-ethyl adjacent to an activating group) is 2. The van der Waals surface area contributed by atoms with Crippen LogP contribution in [0.2, 0.25) is 0 Å². The molecule has 0 spiro atoms. The van der Waals surface area contributed by atoms with Gasteiger partial charge in [0.2, 0.25) is 5.91 Å². The molecule has 122 valence electrons. The zero-order valence-electron chi connectivity index (χ0n) is 13.6. The van der Waals surface area contributed by atoms with E-state index in [-0.39, 0.29) is 11.8 Å². The Balaban J connectivity index is 1.79. The van der Waals surface area contributed by atoms with Crippen molar-refractivity contribution in [3.05, 3.63) is 35.2 Å². The summed E-state index contributed by atoms with van der Waals surface area (Å²) >= 11 is 1.38. The molecule has 0 aromatic heterocycles. The van der Waals surface area contributed by atoms with Gasteiger partial charge < -0.3 is 9.80 Å². The Kier molecular flexibility index (Phi) is 4.76. The molecule has 1 aliphatic carbocycles. The highest BCUT2D eigenvalue weighted by atomic mass is 32.2. The van der Waals surface area contributed by atoms with Crippen LogP contribution in [0.4, 0.5) is 5.69 Å². The second-order valence-corrected chi connectivity index (χ2v) is 7.27. The fourth-order valence-electron chi connectivity index (χ4n) is 3.21. The van der Waals surface area contributed by atoms with E-state index in [4.69, 9.17) is 0 Å². The number of hydrogen-bond acceptors (Lipinski definition) is 3. The summed E-state index contributed by atoms with van der Waals surface area (Å²) in [6.45, 7) is 0. The van der Waals surface area contributed by atoms with E-state index in [0.717, 1.165) is 23.4 Å². The number of fused-ring (bicyclic) bond motifs is 1. The Labute approximate surface area is 141 Å². The predicted molar refractivity (Wildman–Crippen MR) is 93.4 cm³/mol. The first kappa shape index (κ1) is 16.1. The van der Waals surface area contributed by atoms with Crippen molar-refractivity contribution in [2.45, 2.75) is 43.0 Å². The van der Waals surface area contributed by atoms with Crippen LogP contribution in [-0.4, -0.2) is 36.9 Å². The zero-order valence-corrected chi connectivity index (χ0v) is 14.4. The van der Waals surface area contributed by atoms with Crippen molar-refractivity contribution in [1.82, 2.24) is 4.90 Å². The summed E-state index contributed by atoms with van der Waals surface area (Å²) in [7, 11) is 3.61. The van der Waals surface area contributed by atoms with Crippen LogP contribution >= 0.6 is 11.8 Å². The quantitative estimate of drug-likeness (QED) is 0.780. The Morgan fingerprint density at radius 2 is 1.96 bits per heavy atom. The lowest BCUT2D eigenvalue weighted by Gasteiger charge is -2.31. The second kappa shape index (κ2) is 6.79. The molecule has 1 aromatic rings. The lowest BCUT2D eigenvalue weighted by molar-refractivity contribution is -0.127. The molecule has 1 saturated carbocycles. The molecule has 5 heteroatoms. The van der Waals surface area contributed by atoms with Gasteiger partial charge in [-0.15, -0.1) is 0 Å². The van der Waals surface area contributed by atoms with Crippen LogP contribution in [0, 0.1) is 0 Å². The Morgan fingerprint density at radius 3 is 2.70 bits per heavy atom. The third-order valence-corrected chi connectivity index (χ3v) is 5.76. The SMILES string of the molecule is CN1C(=O)/C(=C\C(=O)N(C)C2CCCCC2)Sc2ccccc21. The number of rotatable bonds is 2. The Bertz CT molecular complexity index is 650. The summed E-state index contributed by atoms with van der Waals surface area (Å²) in [5.41, 5.74) is 0.896. The molecule has 0 N–H and O–H groups in total. The van der Waals surface area contributed by atoms with Gasteiger partial charge in [-0.1, -0.05) is 43.2 Å². The van der Waals surface area contributed by atoms with Gasteiger partial charge in [0, 0.05) is 31.1 Å². The van der Waals surface area contributed by atoms with Crippen LogP contribution in [0.1, 0.15) is 32.1 Å². The minimum absolute atomic E-state index is 0.0690. The number of carbonyl (C=O) groups excluding carboxylic acids is 2. The third-order valence-electron chi connectivity index (χ3n) is 4.69. The summed E-state index contributed by atoms with van der Waals surface area (Å²) in [5, 5.41) is 0. The number of hydrogen-bond donors (Lipinski definition) is 0. The largest absolute Gasteiger partial charge is 0.339 e. The molecule has 0 atom stereocenters. The van der Waals surface area contributed by atoms with Crippen LogP contribution in [0.5, 0.6) is 0 Å². The molecule has 2 aliphatic rings. The summed E-state index contributed by atoms with van der Waals surface area (Å²) in [5.74, 6) is -0.181. The van der Waals surface area contributed by atoms with Gasteiger partial charge in [-0.25, -0.2) is 0 Å². The van der Waals surface area contributed by atoms with Crippen LogP contribution in [-0.2, 0) is 9.59 Å². The molecular weight excluding hydrogens is 308 g/mol. The van der Waals surface area contributed by atoms with Gasteiger partial charge in [-0.05, 0) is 25.0 Å². The molecular formula is C18H22N2O2S. The molecule has 1 fully saturated rings. The first-order valence-corrected chi connectivity index (χ1v) is 8.93. The molecule has 1 aromatic carbocycles. The number of nitrogens with zero attached hydrogens (tertiary/aromatic N) is 2. The van der Waals surface area contributed by atoms with Gasteiger partial charge in [-0.2, -0.15) is 0 Å². The molecule has 0 saturated heterocycles. The molecule has 1 heterocycles. The number of anilines is 1. The molecule has 0 bridgehead atoms.